The van der Waals surface area contributed by atoms with E-state index >= 15 is 0 Å². The second kappa shape index (κ2) is 10.3. The van der Waals surface area contributed by atoms with Crippen LogP contribution in [0, 0.1) is 10.8 Å². The maximum atomic E-state index is 12.7. The molecule has 0 fully saturated rings. The van der Waals surface area contributed by atoms with Crippen molar-refractivity contribution in [2.45, 2.75) is 41.5 Å². The molecule has 0 aliphatic carbocycles. The number of carbonyl (C=O) groups excluding carboxylic acids is 2. The Balaban J connectivity index is 2.40. The average molecular weight is 439 g/mol. The first-order valence-electron chi connectivity index (χ1n) is 9.96. The number of allylic oxidation sites excluding steroid dienone is 2. The Hall–Kier alpha value is -2.04. The Labute approximate surface area is 188 Å². The third-order valence-electron chi connectivity index (χ3n) is 4.34. The molecule has 2 nitrogen and oxygen atoms in total. The predicted molar refractivity (Wildman–Crippen MR) is 133 cm³/mol. The van der Waals surface area contributed by atoms with E-state index in [4.69, 9.17) is 0 Å². The van der Waals surface area contributed by atoms with Crippen molar-refractivity contribution < 1.29 is 9.59 Å². The summed E-state index contributed by atoms with van der Waals surface area (Å²) in [4.78, 5) is 27.2. The van der Waals surface area contributed by atoms with Gasteiger partial charge in [0.05, 0.1) is 0 Å². The second-order valence-corrected chi connectivity index (χ2v) is 11.4. The van der Waals surface area contributed by atoms with Crippen molar-refractivity contribution in [2.75, 3.05) is 0 Å². The van der Waals surface area contributed by atoms with Crippen molar-refractivity contribution >= 4 is 43.0 Å². The van der Waals surface area contributed by atoms with Gasteiger partial charge in [0.1, 0.15) is 0 Å². The normalized spacial score (nSPS) is 13.3. The quantitative estimate of drug-likeness (QED) is 0.328. The van der Waals surface area contributed by atoms with Gasteiger partial charge in [0.25, 0.3) is 0 Å². The van der Waals surface area contributed by atoms with Crippen molar-refractivity contribution in [3.63, 3.8) is 0 Å². The molecule has 0 unspecified atom stereocenters. The maximum absolute atomic E-state index is 12.7. The van der Waals surface area contributed by atoms with Crippen LogP contribution in [0.2, 0.25) is 0 Å². The fourth-order valence-corrected chi connectivity index (χ4v) is 4.64. The van der Waals surface area contributed by atoms with Crippen molar-refractivity contribution in [1.29, 1.82) is 0 Å². The van der Waals surface area contributed by atoms with Crippen LogP contribution in [0.15, 0.2) is 72.8 Å². The van der Waals surface area contributed by atoms with Crippen LogP contribution in [0.4, 0.5) is 0 Å². The van der Waals surface area contributed by atoms with Gasteiger partial charge in [-0.05, 0) is 23.3 Å². The third-order valence-corrected chi connectivity index (χ3v) is 6.82. The van der Waals surface area contributed by atoms with Gasteiger partial charge in [-0.1, -0.05) is 124 Å². The fraction of sp³-hybridized carbons (Fsp3) is 0.308. The maximum Gasteiger partial charge on any atom is 0.162 e. The summed E-state index contributed by atoms with van der Waals surface area (Å²) in [6.07, 6.45) is 3.45. The molecule has 0 N–H and O–H groups in total. The zero-order chi connectivity index (χ0) is 22.4. The first-order chi connectivity index (χ1) is 14.0. The van der Waals surface area contributed by atoms with E-state index in [0.29, 0.717) is 0 Å². The van der Waals surface area contributed by atoms with Crippen LogP contribution in [0.25, 0.3) is 9.81 Å². The Morgan fingerprint density at radius 2 is 0.900 bits per heavy atom. The average Bonchev–Trinajstić information content (AvgIpc) is 2.69. The number of hydrogen-bond acceptors (Lipinski definition) is 4. The van der Waals surface area contributed by atoms with Gasteiger partial charge in [-0.25, -0.2) is 0 Å². The van der Waals surface area contributed by atoms with Crippen molar-refractivity contribution in [3.8, 4) is 0 Å². The lowest BCUT2D eigenvalue weighted by atomic mass is 9.90. The van der Waals surface area contributed by atoms with Gasteiger partial charge in [0.15, 0.2) is 11.6 Å². The topological polar surface area (TPSA) is 34.1 Å². The van der Waals surface area contributed by atoms with Gasteiger partial charge < -0.3 is 0 Å². The van der Waals surface area contributed by atoms with E-state index in [-0.39, 0.29) is 11.6 Å². The minimum atomic E-state index is -0.453. The highest BCUT2D eigenvalue weighted by molar-refractivity contribution is 8.83. The van der Waals surface area contributed by atoms with Crippen LogP contribution < -0.4 is 0 Å². The van der Waals surface area contributed by atoms with E-state index in [1.807, 2.05) is 102 Å². The van der Waals surface area contributed by atoms with Crippen LogP contribution >= 0.6 is 21.6 Å². The van der Waals surface area contributed by atoms with Crippen LogP contribution in [0.1, 0.15) is 52.7 Å². The number of ketones is 2. The van der Waals surface area contributed by atoms with Gasteiger partial charge in [-0.15, -0.1) is 0 Å². The lowest BCUT2D eigenvalue weighted by molar-refractivity contribution is -0.122. The van der Waals surface area contributed by atoms with Crippen molar-refractivity contribution in [2.24, 2.45) is 10.8 Å². The van der Waals surface area contributed by atoms with E-state index in [1.54, 1.807) is 12.2 Å². The first-order valence-corrected chi connectivity index (χ1v) is 12.1. The molecule has 0 radical (unpaired) electrons. The molecule has 0 saturated heterocycles. The van der Waals surface area contributed by atoms with Crippen LogP contribution in [-0.4, -0.2) is 11.6 Å². The molecule has 4 heteroatoms. The molecule has 0 saturated carbocycles. The predicted octanol–water partition coefficient (Wildman–Crippen LogP) is 7.68. The molecule has 0 spiro atoms. The third kappa shape index (κ3) is 7.33. The minimum Gasteiger partial charge on any atom is -0.294 e. The zero-order valence-electron chi connectivity index (χ0n) is 18.6. The van der Waals surface area contributed by atoms with Crippen LogP contribution in [-0.2, 0) is 9.59 Å². The lowest BCUT2D eigenvalue weighted by Crippen LogP contribution is -2.17. The fourth-order valence-electron chi connectivity index (χ4n) is 2.28. The summed E-state index contributed by atoms with van der Waals surface area (Å²) in [7, 11) is 3.02. The standard InChI is InChI=1S/C26H30O2S2/c1-25(2,3)23(27)17-21(19-13-9-7-10-14-19)29-30-22(18-24(28)26(4,5)6)20-15-11-8-12-16-20/h7-18H,1-6H3. The molecular formula is C26H30O2S2. The largest absolute Gasteiger partial charge is 0.294 e. The summed E-state index contributed by atoms with van der Waals surface area (Å²) in [5, 5.41) is 0. The molecule has 2 rings (SSSR count). The number of benzene rings is 2. The summed E-state index contributed by atoms with van der Waals surface area (Å²) >= 11 is 0. The van der Waals surface area contributed by atoms with Crippen molar-refractivity contribution in [3.05, 3.63) is 83.9 Å². The Kier molecular flexibility index (Phi) is 8.34. The van der Waals surface area contributed by atoms with E-state index in [0.717, 1.165) is 20.9 Å². The molecule has 0 aliphatic rings. The van der Waals surface area contributed by atoms with E-state index in [2.05, 4.69) is 0 Å². The number of carbonyl (C=O) groups is 2. The molecule has 30 heavy (non-hydrogen) atoms. The molecule has 158 valence electrons. The first kappa shape index (κ1) is 24.2. The summed E-state index contributed by atoms with van der Waals surface area (Å²) in [6.45, 7) is 11.5. The van der Waals surface area contributed by atoms with Crippen LogP contribution in [0.3, 0.4) is 0 Å². The minimum absolute atomic E-state index is 0.0745. The smallest absolute Gasteiger partial charge is 0.162 e. The summed E-state index contributed by atoms with van der Waals surface area (Å²) in [5.41, 5.74) is 1.07. The van der Waals surface area contributed by atoms with Gasteiger partial charge in [-0.3, -0.25) is 9.59 Å². The summed E-state index contributed by atoms with van der Waals surface area (Å²) < 4.78 is 0. The highest BCUT2D eigenvalue weighted by Gasteiger charge is 2.22. The highest BCUT2D eigenvalue weighted by Crippen LogP contribution is 2.45. The molecule has 0 heterocycles. The summed E-state index contributed by atoms with van der Waals surface area (Å²) in [6, 6.07) is 19.8. The van der Waals surface area contributed by atoms with Gasteiger partial charge in [0, 0.05) is 20.6 Å². The molecule has 0 atom stereocenters. The van der Waals surface area contributed by atoms with E-state index < -0.39 is 10.8 Å². The van der Waals surface area contributed by atoms with E-state index in [9.17, 15) is 9.59 Å². The molecule has 2 aromatic rings. The Bertz CT molecular complexity index is 849. The van der Waals surface area contributed by atoms with Crippen molar-refractivity contribution in [1.82, 2.24) is 0 Å². The molecular weight excluding hydrogens is 408 g/mol. The molecule has 0 aromatic heterocycles. The second-order valence-electron chi connectivity index (χ2n) is 9.14. The molecule has 0 amide bonds. The summed E-state index contributed by atoms with van der Waals surface area (Å²) in [5.74, 6) is 0.149. The molecule has 2 aromatic carbocycles. The van der Waals surface area contributed by atoms with E-state index in [1.165, 1.54) is 21.6 Å². The zero-order valence-corrected chi connectivity index (χ0v) is 20.2. The monoisotopic (exact) mass is 438 g/mol. The van der Waals surface area contributed by atoms with Crippen LogP contribution in [0.5, 0.6) is 0 Å². The molecule has 0 bridgehead atoms. The highest BCUT2D eigenvalue weighted by atomic mass is 33.1. The number of hydrogen-bond donors (Lipinski definition) is 0. The Morgan fingerprint density at radius 3 is 1.17 bits per heavy atom. The SMILES string of the molecule is CC(C)(C)C(=O)C=C(SSC(=CC(=O)C(C)(C)C)c1ccccc1)c1ccccc1. The number of rotatable bonds is 7. The Morgan fingerprint density at radius 1 is 0.600 bits per heavy atom. The molecule has 0 aliphatic heterocycles. The lowest BCUT2D eigenvalue weighted by Gasteiger charge is -2.17. The van der Waals surface area contributed by atoms with Gasteiger partial charge in [0.2, 0.25) is 0 Å². The van der Waals surface area contributed by atoms with Gasteiger partial charge >= 0.3 is 0 Å². The van der Waals surface area contributed by atoms with Gasteiger partial charge in [-0.2, -0.15) is 0 Å².